The summed E-state index contributed by atoms with van der Waals surface area (Å²) in [7, 11) is 0. The van der Waals surface area contributed by atoms with Gasteiger partial charge in [0.05, 0.1) is 0 Å². The number of carbonyl (C=O) groups excluding carboxylic acids is 1. The summed E-state index contributed by atoms with van der Waals surface area (Å²) in [5.41, 5.74) is 0.468. The lowest BCUT2D eigenvalue weighted by Crippen LogP contribution is -2.40. The minimum atomic E-state index is -0.127. The Balaban J connectivity index is 2.04. The molecule has 0 saturated heterocycles. The quantitative estimate of drug-likeness (QED) is 0.841. The Morgan fingerprint density at radius 2 is 1.68 bits per heavy atom. The maximum atomic E-state index is 12.2. The van der Waals surface area contributed by atoms with Gasteiger partial charge >= 0.3 is 0 Å². The standard InChI is InChI=1S/C14H18Cl2N2O/c1-8-3-9(2)5-11(4-8)17-14(19)10-6-12(15)18-13(16)7-10/h6-9,11H,3-5H2,1-2H3,(H,17,19). The number of rotatable bonds is 2. The molecule has 1 aliphatic carbocycles. The number of hydrogen-bond acceptors (Lipinski definition) is 2. The Morgan fingerprint density at radius 3 is 2.21 bits per heavy atom. The first-order chi connectivity index (χ1) is 8.94. The van der Waals surface area contributed by atoms with E-state index in [9.17, 15) is 4.79 Å². The van der Waals surface area contributed by atoms with Crippen molar-refractivity contribution in [1.82, 2.24) is 10.3 Å². The Kier molecular flexibility index (Phi) is 4.69. The zero-order chi connectivity index (χ0) is 14.0. The second kappa shape index (κ2) is 6.10. The van der Waals surface area contributed by atoms with Crippen molar-refractivity contribution >= 4 is 29.1 Å². The Hall–Kier alpha value is -0.800. The molecule has 2 atom stereocenters. The molecule has 1 aliphatic rings. The number of amides is 1. The fraction of sp³-hybridized carbons (Fsp3) is 0.571. The smallest absolute Gasteiger partial charge is 0.251 e. The van der Waals surface area contributed by atoms with Crippen LogP contribution in [0.3, 0.4) is 0 Å². The molecule has 5 heteroatoms. The summed E-state index contributed by atoms with van der Waals surface area (Å²) in [5, 5.41) is 3.54. The largest absolute Gasteiger partial charge is 0.349 e. The molecule has 19 heavy (non-hydrogen) atoms. The minimum absolute atomic E-state index is 0.127. The van der Waals surface area contributed by atoms with Crippen molar-refractivity contribution in [2.45, 2.75) is 39.2 Å². The lowest BCUT2D eigenvalue weighted by molar-refractivity contribution is 0.0911. The molecule has 1 N–H and O–H groups in total. The van der Waals surface area contributed by atoms with Gasteiger partial charge in [0.15, 0.2) is 0 Å². The molecule has 3 nitrogen and oxygen atoms in total. The van der Waals surface area contributed by atoms with E-state index in [-0.39, 0.29) is 22.3 Å². The second-order valence-corrected chi connectivity index (χ2v) is 6.36. The van der Waals surface area contributed by atoms with Gasteiger partial charge in [-0.1, -0.05) is 37.0 Å². The summed E-state index contributed by atoms with van der Waals surface area (Å²) in [6.45, 7) is 4.46. The fourth-order valence-corrected chi connectivity index (χ4v) is 3.39. The van der Waals surface area contributed by atoms with Crippen LogP contribution < -0.4 is 5.32 Å². The van der Waals surface area contributed by atoms with Crippen LogP contribution in [0, 0.1) is 11.8 Å². The van der Waals surface area contributed by atoms with E-state index in [2.05, 4.69) is 24.1 Å². The highest BCUT2D eigenvalue weighted by atomic mass is 35.5. The molecule has 1 fully saturated rings. The first-order valence-corrected chi connectivity index (χ1v) is 7.33. The topological polar surface area (TPSA) is 42.0 Å². The van der Waals surface area contributed by atoms with Crippen molar-refractivity contribution in [3.63, 3.8) is 0 Å². The van der Waals surface area contributed by atoms with Crippen LogP contribution in [0.2, 0.25) is 10.3 Å². The molecule has 1 aromatic rings. The first-order valence-electron chi connectivity index (χ1n) is 6.58. The van der Waals surface area contributed by atoms with Gasteiger partial charge in [-0.3, -0.25) is 4.79 Å². The maximum absolute atomic E-state index is 12.2. The van der Waals surface area contributed by atoms with Crippen molar-refractivity contribution in [3.05, 3.63) is 28.0 Å². The zero-order valence-corrected chi connectivity index (χ0v) is 12.6. The van der Waals surface area contributed by atoms with Crippen molar-refractivity contribution in [2.24, 2.45) is 11.8 Å². The number of carbonyl (C=O) groups is 1. The van der Waals surface area contributed by atoms with E-state index in [1.54, 1.807) is 12.1 Å². The molecule has 1 aromatic heterocycles. The average Bonchev–Trinajstić information content (AvgIpc) is 2.25. The number of nitrogens with zero attached hydrogens (tertiary/aromatic N) is 1. The molecule has 0 aromatic carbocycles. The Bertz CT molecular complexity index is 448. The molecule has 2 unspecified atom stereocenters. The van der Waals surface area contributed by atoms with Gasteiger partial charge in [0, 0.05) is 11.6 Å². The van der Waals surface area contributed by atoms with E-state index >= 15 is 0 Å². The normalized spacial score (nSPS) is 27.1. The summed E-state index contributed by atoms with van der Waals surface area (Å²) in [6, 6.07) is 3.31. The van der Waals surface area contributed by atoms with E-state index in [0.29, 0.717) is 17.4 Å². The van der Waals surface area contributed by atoms with Gasteiger partial charge in [0.1, 0.15) is 10.3 Å². The Morgan fingerprint density at radius 1 is 1.16 bits per heavy atom. The Labute approximate surface area is 123 Å². The number of nitrogens with one attached hydrogen (secondary N) is 1. The van der Waals surface area contributed by atoms with Crippen molar-refractivity contribution in [2.75, 3.05) is 0 Å². The number of halogens is 2. The third-order valence-corrected chi connectivity index (χ3v) is 3.93. The van der Waals surface area contributed by atoms with Gasteiger partial charge in [0.2, 0.25) is 0 Å². The van der Waals surface area contributed by atoms with Gasteiger partial charge in [0.25, 0.3) is 5.91 Å². The van der Waals surface area contributed by atoms with Crippen molar-refractivity contribution in [1.29, 1.82) is 0 Å². The molecule has 0 bridgehead atoms. The van der Waals surface area contributed by atoms with Gasteiger partial charge in [-0.25, -0.2) is 4.98 Å². The predicted molar refractivity (Wildman–Crippen MR) is 77.7 cm³/mol. The zero-order valence-electron chi connectivity index (χ0n) is 11.1. The molecule has 1 saturated carbocycles. The minimum Gasteiger partial charge on any atom is -0.349 e. The maximum Gasteiger partial charge on any atom is 0.251 e. The monoisotopic (exact) mass is 300 g/mol. The summed E-state index contributed by atoms with van der Waals surface area (Å²) >= 11 is 11.6. The molecule has 1 amide bonds. The second-order valence-electron chi connectivity index (χ2n) is 5.59. The SMILES string of the molecule is CC1CC(C)CC(NC(=O)c2cc(Cl)nc(Cl)c2)C1. The molecule has 2 rings (SSSR count). The van der Waals surface area contributed by atoms with E-state index in [4.69, 9.17) is 23.2 Å². The van der Waals surface area contributed by atoms with E-state index in [1.807, 2.05) is 0 Å². The fourth-order valence-electron chi connectivity index (χ4n) is 2.93. The number of pyridine rings is 1. The molecule has 0 aliphatic heterocycles. The van der Waals surface area contributed by atoms with Gasteiger partial charge < -0.3 is 5.32 Å². The molecule has 104 valence electrons. The molecule has 0 radical (unpaired) electrons. The number of hydrogen-bond donors (Lipinski definition) is 1. The third kappa shape index (κ3) is 4.08. The highest BCUT2D eigenvalue weighted by molar-refractivity contribution is 6.33. The van der Waals surface area contributed by atoms with Crippen LogP contribution in [0.25, 0.3) is 0 Å². The highest BCUT2D eigenvalue weighted by Crippen LogP contribution is 2.28. The van der Waals surface area contributed by atoms with Gasteiger partial charge in [-0.2, -0.15) is 0 Å². The summed E-state index contributed by atoms with van der Waals surface area (Å²) in [6.07, 6.45) is 3.30. The van der Waals surface area contributed by atoms with Crippen LogP contribution in [0.1, 0.15) is 43.5 Å². The third-order valence-electron chi connectivity index (χ3n) is 3.54. The van der Waals surface area contributed by atoms with Crippen LogP contribution in [0.15, 0.2) is 12.1 Å². The van der Waals surface area contributed by atoms with Crippen molar-refractivity contribution in [3.8, 4) is 0 Å². The van der Waals surface area contributed by atoms with Crippen LogP contribution in [-0.2, 0) is 0 Å². The van der Waals surface area contributed by atoms with Crippen LogP contribution in [0.5, 0.6) is 0 Å². The number of aromatic nitrogens is 1. The van der Waals surface area contributed by atoms with Gasteiger partial charge in [-0.05, 0) is 43.2 Å². The molecule has 1 heterocycles. The summed E-state index contributed by atoms with van der Waals surface area (Å²) in [5.74, 6) is 1.18. The van der Waals surface area contributed by atoms with Crippen LogP contribution >= 0.6 is 23.2 Å². The first kappa shape index (κ1) is 14.6. The molecular formula is C14H18Cl2N2O. The average molecular weight is 301 g/mol. The van der Waals surface area contributed by atoms with Crippen molar-refractivity contribution < 1.29 is 4.79 Å². The lowest BCUT2D eigenvalue weighted by atomic mass is 9.80. The summed E-state index contributed by atoms with van der Waals surface area (Å²) < 4.78 is 0. The van der Waals surface area contributed by atoms with Gasteiger partial charge in [-0.15, -0.1) is 0 Å². The lowest BCUT2D eigenvalue weighted by Gasteiger charge is -2.32. The molecule has 0 spiro atoms. The van der Waals surface area contributed by atoms with E-state index in [0.717, 1.165) is 12.8 Å². The molecular weight excluding hydrogens is 283 g/mol. The predicted octanol–water partition coefficient (Wildman–Crippen LogP) is 3.94. The van der Waals surface area contributed by atoms with Crippen LogP contribution in [-0.4, -0.2) is 16.9 Å². The summed E-state index contributed by atoms with van der Waals surface area (Å²) in [4.78, 5) is 16.0. The van der Waals surface area contributed by atoms with E-state index < -0.39 is 0 Å². The van der Waals surface area contributed by atoms with Crippen LogP contribution in [0.4, 0.5) is 0 Å². The highest BCUT2D eigenvalue weighted by Gasteiger charge is 2.25. The van der Waals surface area contributed by atoms with E-state index in [1.165, 1.54) is 6.42 Å².